The highest BCUT2D eigenvalue weighted by Gasteiger charge is 2.24. The zero-order valence-electron chi connectivity index (χ0n) is 7.09. The van der Waals surface area contributed by atoms with E-state index in [2.05, 4.69) is 4.98 Å². The second-order valence-electron chi connectivity index (χ2n) is 2.96. The fourth-order valence-corrected chi connectivity index (χ4v) is 1.48. The van der Waals surface area contributed by atoms with Crippen molar-refractivity contribution in [3.63, 3.8) is 0 Å². The Balaban J connectivity index is 3.16. The van der Waals surface area contributed by atoms with E-state index in [4.69, 9.17) is 28.9 Å². The quantitative estimate of drug-likeness (QED) is 0.745. The number of nitrogens with two attached hydrogens (primary N) is 1. The van der Waals surface area contributed by atoms with Gasteiger partial charge in [0.25, 0.3) is 0 Å². The van der Waals surface area contributed by atoms with Gasteiger partial charge in [-0.15, -0.1) is 0 Å². The van der Waals surface area contributed by atoms with Crippen LogP contribution in [0.1, 0.15) is 12.5 Å². The van der Waals surface area contributed by atoms with Gasteiger partial charge in [0.15, 0.2) is 0 Å². The first-order valence-corrected chi connectivity index (χ1v) is 4.47. The van der Waals surface area contributed by atoms with Crippen molar-refractivity contribution in [2.45, 2.75) is 12.5 Å². The smallest absolute Gasteiger partial charge is 0.130 e. The van der Waals surface area contributed by atoms with Crippen molar-refractivity contribution in [3.05, 3.63) is 28.0 Å². The predicted molar refractivity (Wildman–Crippen MR) is 52.9 cm³/mol. The van der Waals surface area contributed by atoms with E-state index in [1.54, 1.807) is 6.92 Å². The number of pyridine rings is 1. The standard InChI is InChI=1S/C8H10Cl2N2O/c1-8(13,4-11)5-3-12-7(10)2-6(5)9/h2-3,13H,4,11H2,1H3. The normalized spacial score (nSPS) is 15.5. The molecule has 0 fully saturated rings. The van der Waals surface area contributed by atoms with Crippen molar-refractivity contribution >= 4 is 23.2 Å². The number of nitrogens with zero attached hydrogens (tertiary/aromatic N) is 1. The maximum absolute atomic E-state index is 9.77. The van der Waals surface area contributed by atoms with Gasteiger partial charge in [-0.2, -0.15) is 0 Å². The van der Waals surface area contributed by atoms with Gasteiger partial charge < -0.3 is 10.8 Å². The number of aromatic nitrogens is 1. The summed E-state index contributed by atoms with van der Waals surface area (Å²) in [6.45, 7) is 1.65. The van der Waals surface area contributed by atoms with Crippen LogP contribution in [0.25, 0.3) is 0 Å². The third-order valence-corrected chi connectivity index (χ3v) is 2.32. The zero-order chi connectivity index (χ0) is 10.1. The zero-order valence-corrected chi connectivity index (χ0v) is 8.60. The van der Waals surface area contributed by atoms with Gasteiger partial charge in [0.2, 0.25) is 0 Å². The van der Waals surface area contributed by atoms with Crippen LogP contribution in [0.15, 0.2) is 12.3 Å². The van der Waals surface area contributed by atoms with Gasteiger partial charge in [-0.05, 0) is 13.0 Å². The van der Waals surface area contributed by atoms with Gasteiger partial charge >= 0.3 is 0 Å². The lowest BCUT2D eigenvalue weighted by Crippen LogP contribution is -2.31. The molecule has 1 unspecified atom stereocenters. The molecule has 0 amide bonds. The highest BCUT2D eigenvalue weighted by atomic mass is 35.5. The minimum absolute atomic E-state index is 0.0794. The Kier molecular flexibility index (Phi) is 3.14. The second kappa shape index (κ2) is 3.80. The number of hydrogen-bond acceptors (Lipinski definition) is 3. The van der Waals surface area contributed by atoms with Crippen LogP contribution in [0.3, 0.4) is 0 Å². The molecule has 5 heteroatoms. The lowest BCUT2D eigenvalue weighted by molar-refractivity contribution is 0.0666. The lowest BCUT2D eigenvalue weighted by Gasteiger charge is -2.22. The number of halogens is 2. The topological polar surface area (TPSA) is 59.1 Å². The van der Waals surface area contributed by atoms with Crippen molar-refractivity contribution in [2.24, 2.45) is 5.73 Å². The first-order chi connectivity index (χ1) is 5.97. The highest BCUT2D eigenvalue weighted by molar-refractivity contribution is 6.34. The molecular weight excluding hydrogens is 211 g/mol. The minimum Gasteiger partial charge on any atom is -0.384 e. The summed E-state index contributed by atoms with van der Waals surface area (Å²) >= 11 is 11.5. The average molecular weight is 221 g/mol. The van der Waals surface area contributed by atoms with Gasteiger partial charge in [0.1, 0.15) is 10.8 Å². The van der Waals surface area contributed by atoms with Crippen molar-refractivity contribution in [2.75, 3.05) is 6.54 Å². The summed E-state index contributed by atoms with van der Waals surface area (Å²) in [5.74, 6) is 0. The van der Waals surface area contributed by atoms with Crippen LogP contribution in [0.5, 0.6) is 0 Å². The molecule has 0 radical (unpaired) electrons. The van der Waals surface area contributed by atoms with Gasteiger partial charge in [-0.1, -0.05) is 23.2 Å². The summed E-state index contributed by atoms with van der Waals surface area (Å²) in [5, 5.41) is 10.4. The molecule has 0 saturated heterocycles. The van der Waals surface area contributed by atoms with Gasteiger partial charge in [-0.3, -0.25) is 0 Å². The molecule has 1 heterocycles. The van der Waals surface area contributed by atoms with Gasteiger partial charge in [-0.25, -0.2) is 4.98 Å². The maximum Gasteiger partial charge on any atom is 0.130 e. The van der Waals surface area contributed by atoms with Crippen LogP contribution in [-0.2, 0) is 5.60 Å². The third kappa shape index (κ3) is 2.31. The van der Waals surface area contributed by atoms with E-state index in [1.165, 1.54) is 12.3 Å². The van der Waals surface area contributed by atoms with Crippen molar-refractivity contribution in [3.8, 4) is 0 Å². The van der Waals surface area contributed by atoms with E-state index in [0.29, 0.717) is 15.7 Å². The van der Waals surface area contributed by atoms with E-state index in [-0.39, 0.29) is 6.54 Å². The highest BCUT2D eigenvalue weighted by Crippen LogP contribution is 2.27. The third-order valence-electron chi connectivity index (χ3n) is 1.80. The fourth-order valence-electron chi connectivity index (χ4n) is 0.914. The molecule has 0 spiro atoms. The Morgan fingerprint density at radius 3 is 2.69 bits per heavy atom. The first kappa shape index (κ1) is 10.7. The maximum atomic E-state index is 9.77. The SMILES string of the molecule is CC(O)(CN)c1cnc(Cl)cc1Cl. The molecule has 0 aromatic carbocycles. The van der Waals surface area contributed by atoms with Crippen molar-refractivity contribution in [1.29, 1.82) is 0 Å². The van der Waals surface area contributed by atoms with Crippen molar-refractivity contribution in [1.82, 2.24) is 4.98 Å². The Hall–Kier alpha value is -0.350. The molecule has 0 aliphatic carbocycles. The van der Waals surface area contributed by atoms with E-state index >= 15 is 0 Å². The Morgan fingerprint density at radius 1 is 1.62 bits per heavy atom. The number of hydrogen-bond donors (Lipinski definition) is 2. The summed E-state index contributed by atoms with van der Waals surface area (Å²) in [6, 6.07) is 1.47. The van der Waals surface area contributed by atoms with Crippen LogP contribution in [-0.4, -0.2) is 16.6 Å². The summed E-state index contributed by atoms with van der Waals surface area (Å²) in [6.07, 6.45) is 1.43. The van der Waals surface area contributed by atoms with Crippen LogP contribution >= 0.6 is 23.2 Å². The summed E-state index contributed by atoms with van der Waals surface area (Å²) in [5.41, 5.74) is 4.70. The molecule has 1 aromatic heterocycles. The van der Waals surface area contributed by atoms with E-state index in [0.717, 1.165) is 0 Å². The molecule has 72 valence electrons. The molecule has 1 atom stereocenters. The molecule has 0 aliphatic heterocycles. The Labute approximate surface area is 86.5 Å². The molecule has 0 bridgehead atoms. The second-order valence-corrected chi connectivity index (χ2v) is 3.76. The molecule has 0 aliphatic rings. The number of aliphatic hydroxyl groups is 1. The van der Waals surface area contributed by atoms with Crippen molar-refractivity contribution < 1.29 is 5.11 Å². The lowest BCUT2D eigenvalue weighted by atomic mass is 9.98. The van der Waals surface area contributed by atoms with Crippen LogP contribution < -0.4 is 5.73 Å². The first-order valence-electron chi connectivity index (χ1n) is 3.71. The summed E-state index contributed by atoms with van der Waals surface area (Å²) in [4.78, 5) is 3.82. The molecule has 1 rings (SSSR count). The van der Waals surface area contributed by atoms with Crippen LogP contribution in [0.2, 0.25) is 10.2 Å². The fraction of sp³-hybridized carbons (Fsp3) is 0.375. The molecule has 1 aromatic rings. The molecule has 0 saturated carbocycles. The molecule has 3 N–H and O–H groups in total. The van der Waals surface area contributed by atoms with Crippen LogP contribution in [0, 0.1) is 0 Å². The molecule has 13 heavy (non-hydrogen) atoms. The predicted octanol–water partition coefficient (Wildman–Crippen LogP) is 1.55. The minimum atomic E-state index is -1.16. The monoisotopic (exact) mass is 220 g/mol. The Morgan fingerprint density at radius 2 is 2.23 bits per heavy atom. The van der Waals surface area contributed by atoms with Gasteiger partial charge in [0.05, 0.1) is 5.02 Å². The summed E-state index contributed by atoms with van der Waals surface area (Å²) in [7, 11) is 0. The largest absolute Gasteiger partial charge is 0.384 e. The van der Waals surface area contributed by atoms with E-state index in [9.17, 15) is 5.11 Å². The Bertz CT molecular complexity index is 315. The van der Waals surface area contributed by atoms with Crippen LogP contribution in [0.4, 0.5) is 0 Å². The van der Waals surface area contributed by atoms with E-state index in [1.807, 2.05) is 0 Å². The molecule has 3 nitrogen and oxygen atoms in total. The van der Waals surface area contributed by atoms with E-state index < -0.39 is 5.60 Å². The summed E-state index contributed by atoms with van der Waals surface area (Å²) < 4.78 is 0. The molecular formula is C8H10Cl2N2O. The average Bonchev–Trinajstić information content (AvgIpc) is 2.03. The van der Waals surface area contributed by atoms with Gasteiger partial charge in [0, 0.05) is 18.3 Å². The number of rotatable bonds is 2.